The third kappa shape index (κ3) is 2.55. The van der Waals surface area contributed by atoms with Gasteiger partial charge in [0.2, 0.25) is 5.91 Å². The maximum atomic E-state index is 11.6. The summed E-state index contributed by atoms with van der Waals surface area (Å²) in [6, 6.07) is 6.90. The van der Waals surface area contributed by atoms with Crippen LogP contribution in [0.15, 0.2) is 24.3 Å². The molecule has 0 bridgehead atoms. The molecular weight excluding hydrogens is 222 g/mol. The van der Waals surface area contributed by atoms with Crippen LogP contribution in [0.3, 0.4) is 0 Å². The zero-order valence-electron chi connectivity index (χ0n) is 9.34. The Labute approximate surface area is 98.4 Å². The van der Waals surface area contributed by atoms with E-state index in [0.29, 0.717) is 17.9 Å². The first-order valence-electron chi connectivity index (χ1n) is 5.29. The van der Waals surface area contributed by atoms with Gasteiger partial charge in [0.25, 0.3) is 0 Å². The normalized spacial score (nSPS) is 21.7. The van der Waals surface area contributed by atoms with Crippen molar-refractivity contribution in [3.05, 3.63) is 24.3 Å². The minimum absolute atomic E-state index is 0.234. The Morgan fingerprint density at radius 3 is 2.41 bits per heavy atom. The fourth-order valence-corrected chi connectivity index (χ4v) is 1.67. The molecule has 0 radical (unpaired) electrons. The van der Waals surface area contributed by atoms with Gasteiger partial charge < -0.3 is 15.2 Å². The molecule has 0 unspecified atom stereocenters. The molecule has 1 saturated carbocycles. The molecule has 2 N–H and O–H groups in total. The van der Waals surface area contributed by atoms with Crippen LogP contribution in [-0.2, 0) is 9.59 Å². The van der Waals surface area contributed by atoms with Crippen molar-refractivity contribution in [3.63, 3.8) is 0 Å². The number of methoxy groups -OCH3 is 1. The standard InChI is InChI=1S/C12H13NO4/c1-17-8-4-2-7(3-5-8)13-11(14)9-6-10(9)12(15)16/h2-5,9-10H,6H2,1H3,(H,13,14)(H,15,16)/t9-,10+/m1/s1. The lowest BCUT2D eigenvalue weighted by Crippen LogP contribution is -2.16. The predicted molar refractivity (Wildman–Crippen MR) is 60.9 cm³/mol. The monoisotopic (exact) mass is 235 g/mol. The van der Waals surface area contributed by atoms with Crippen LogP contribution in [-0.4, -0.2) is 24.1 Å². The molecule has 1 aliphatic carbocycles. The molecule has 0 aromatic heterocycles. The number of ether oxygens (including phenoxy) is 1. The summed E-state index contributed by atoms with van der Waals surface area (Å²) in [6.07, 6.45) is 0.428. The van der Waals surface area contributed by atoms with Crippen molar-refractivity contribution in [1.29, 1.82) is 0 Å². The first-order valence-corrected chi connectivity index (χ1v) is 5.29. The van der Waals surface area contributed by atoms with Gasteiger partial charge >= 0.3 is 5.97 Å². The van der Waals surface area contributed by atoms with E-state index in [1.54, 1.807) is 31.4 Å². The van der Waals surface area contributed by atoms with Crippen LogP contribution >= 0.6 is 0 Å². The van der Waals surface area contributed by atoms with Gasteiger partial charge in [-0.25, -0.2) is 0 Å². The number of rotatable bonds is 4. The molecule has 0 saturated heterocycles. The van der Waals surface area contributed by atoms with E-state index >= 15 is 0 Å². The van der Waals surface area contributed by atoms with Gasteiger partial charge in [-0.15, -0.1) is 0 Å². The molecule has 0 aliphatic heterocycles. The Bertz CT molecular complexity index is 440. The number of anilines is 1. The molecule has 0 heterocycles. The zero-order valence-corrected chi connectivity index (χ0v) is 9.34. The minimum Gasteiger partial charge on any atom is -0.497 e. The predicted octanol–water partition coefficient (Wildman–Crippen LogP) is 1.35. The third-order valence-electron chi connectivity index (χ3n) is 2.80. The molecule has 90 valence electrons. The van der Waals surface area contributed by atoms with E-state index in [1.807, 2.05) is 0 Å². The Hall–Kier alpha value is -2.04. The van der Waals surface area contributed by atoms with Gasteiger partial charge in [-0.3, -0.25) is 9.59 Å². The second-order valence-electron chi connectivity index (χ2n) is 4.00. The molecule has 1 fully saturated rings. The third-order valence-corrected chi connectivity index (χ3v) is 2.80. The molecular formula is C12H13NO4. The molecule has 1 aliphatic rings. The second-order valence-corrected chi connectivity index (χ2v) is 4.00. The number of benzene rings is 1. The largest absolute Gasteiger partial charge is 0.497 e. The van der Waals surface area contributed by atoms with Crippen LogP contribution in [0, 0.1) is 11.8 Å². The average Bonchev–Trinajstić information content (AvgIpc) is 3.10. The van der Waals surface area contributed by atoms with Crippen LogP contribution < -0.4 is 10.1 Å². The van der Waals surface area contributed by atoms with Crippen LogP contribution in [0.25, 0.3) is 0 Å². The lowest BCUT2D eigenvalue weighted by atomic mass is 10.2. The van der Waals surface area contributed by atoms with Crippen molar-refractivity contribution in [2.75, 3.05) is 12.4 Å². The van der Waals surface area contributed by atoms with Gasteiger partial charge in [-0.2, -0.15) is 0 Å². The fraction of sp³-hybridized carbons (Fsp3) is 0.333. The molecule has 2 rings (SSSR count). The second kappa shape index (κ2) is 4.45. The summed E-state index contributed by atoms with van der Waals surface area (Å²) in [7, 11) is 1.56. The summed E-state index contributed by atoms with van der Waals surface area (Å²) >= 11 is 0. The molecule has 2 atom stereocenters. The molecule has 0 spiro atoms. The molecule has 5 nitrogen and oxygen atoms in total. The van der Waals surface area contributed by atoms with Crippen molar-refractivity contribution < 1.29 is 19.4 Å². The lowest BCUT2D eigenvalue weighted by Gasteiger charge is -2.05. The first kappa shape index (κ1) is 11.4. The topological polar surface area (TPSA) is 75.6 Å². The van der Waals surface area contributed by atoms with Crippen LogP contribution in [0.5, 0.6) is 5.75 Å². The highest BCUT2D eigenvalue weighted by Crippen LogP contribution is 2.39. The highest BCUT2D eigenvalue weighted by Gasteiger charge is 2.48. The highest BCUT2D eigenvalue weighted by molar-refractivity contribution is 5.98. The van der Waals surface area contributed by atoms with Crippen LogP contribution in [0.1, 0.15) is 6.42 Å². The van der Waals surface area contributed by atoms with Gasteiger partial charge in [0, 0.05) is 5.69 Å². The van der Waals surface area contributed by atoms with E-state index in [4.69, 9.17) is 9.84 Å². The summed E-state index contributed by atoms with van der Waals surface area (Å²) < 4.78 is 4.99. The van der Waals surface area contributed by atoms with Gasteiger partial charge in [0.1, 0.15) is 5.75 Å². The molecule has 1 amide bonds. The molecule has 5 heteroatoms. The summed E-state index contributed by atoms with van der Waals surface area (Å²) in [5.74, 6) is -1.34. The first-order chi connectivity index (χ1) is 8.11. The average molecular weight is 235 g/mol. The lowest BCUT2D eigenvalue weighted by molar-refractivity contribution is -0.139. The number of hydrogen-bond acceptors (Lipinski definition) is 3. The van der Waals surface area contributed by atoms with Gasteiger partial charge in [-0.1, -0.05) is 0 Å². The van der Waals surface area contributed by atoms with Crippen molar-refractivity contribution in [2.45, 2.75) is 6.42 Å². The molecule has 1 aromatic carbocycles. The van der Waals surface area contributed by atoms with Crippen LogP contribution in [0.2, 0.25) is 0 Å². The van der Waals surface area contributed by atoms with Crippen molar-refractivity contribution in [1.82, 2.24) is 0 Å². The van der Waals surface area contributed by atoms with E-state index in [0.717, 1.165) is 0 Å². The minimum atomic E-state index is -0.903. The Morgan fingerprint density at radius 2 is 1.94 bits per heavy atom. The summed E-state index contributed by atoms with van der Waals surface area (Å²) in [4.78, 5) is 22.3. The van der Waals surface area contributed by atoms with Crippen molar-refractivity contribution in [2.24, 2.45) is 11.8 Å². The van der Waals surface area contributed by atoms with E-state index in [-0.39, 0.29) is 5.91 Å². The Kier molecular flexibility index (Phi) is 2.99. The number of amides is 1. The van der Waals surface area contributed by atoms with Crippen molar-refractivity contribution >= 4 is 17.6 Å². The van der Waals surface area contributed by atoms with E-state index in [2.05, 4.69) is 5.32 Å². The number of carboxylic acids is 1. The number of carbonyl (C=O) groups is 2. The zero-order chi connectivity index (χ0) is 12.4. The van der Waals surface area contributed by atoms with E-state index < -0.39 is 17.8 Å². The molecule has 1 aromatic rings. The summed E-state index contributed by atoms with van der Waals surface area (Å²) in [6.45, 7) is 0. The number of nitrogens with one attached hydrogen (secondary N) is 1. The van der Waals surface area contributed by atoms with Gasteiger partial charge in [0.05, 0.1) is 18.9 Å². The Balaban J connectivity index is 1.93. The fourth-order valence-electron chi connectivity index (χ4n) is 1.67. The summed E-state index contributed by atoms with van der Waals surface area (Å²) in [5.41, 5.74) is 0.645. The highest BCUT2D eigenvalue weighted by atomic mass is 16.5. The van der Waals surface area contributed by atoms with Gasteiger partial charge in [-0.05, 0) is 30.7 Å². The van der Waals surface area contributed by atoms with E-state index in [1.165, 1.54) is 0 Å². The summed E-state index contributed by atoms with van der Waals surface area (Å²) in [5, 5.41) is 11.4. The number of carbonyl (C=O) groups excluding carboxylic acids is 1. The maximum Gasteiger partial charge on any atom is 0.307 e. The number of carboxylic acid groups (broad SMARTS) is 1. The number of aliphatic carboxylic acids is 1. The molecule has 17 heavy (non-hydrogen) atoms. The SMILES string of the molecule is COc1ccc(NC(=O)[C@@H]2C[C@@H]2C(=O)O)cc1. The van der Waals surface area contributed by atoms with E-state index in [9.17, 15) is 9.59 Å². The van der Waals surface area contributed by atoms with Crippen molar-refractivity contribution in [3.8, 4) is 5.75 Å². The number of hydrogen-bond donors (Lipinski definition) is 2. The van der Waals surface area contributed by atoms with Gasteiger partial charge in [0.15, 0.2) is 0 Å². The van der Waals surface area contributed by atoms with Crippen LogP contribution in [0.4, 0.5) is 5.69 Å². The Morgan fingerprint density at radius 1 is 1.29 bits per heavy atom. The quantitative estimate of drug-likeness (QED) is 0.826. The maximum absolute atomic E-state index is 11.6. The smallest absolute Gasteiger partial charge is 0.307 e.